The third-order valence-electron chi connectivity index (χ3n) is 3.48. The lowest BCUT2D eigenvalue weighted by Gasteiger charge is -2.33. The number of oxime groups is 1. The Hall–Kier alpha value is -1.26. The molecule has 1 rings (SSSR count). The van der Waals surface area contributed by atoms with Crippen molar-refractivity contribution >= 4 is 11.7 Å². The molecule has 5 nitrogen and oxygen atoms in total. The molecule has 0 spiro atoms. The van der Waals surface area contributed by atoms with Gasteiger partial charge < -0.3 is 16.3 Å². The molecule has 0 aromatic rings. The number of hydrogen-bond acceptors (Lipinski definition) is 3. The van der Waals surface area contributed by atoms with Crippen LogP contribution in [-0.2, 0) is 4.79 Å². The van der Waals surface area contributed by atoms with Crippen molar-refractivity contribution in [1.29, 1.82) is 0 Å². The van der Waals surface area contributed by atoms with E-state index >= 15 is 0 Å². The van der Waals surface area contributed by atoms with E-state index in [0.29, 0.717) is 12.8 Å². The second kappa shape index (κ2) is 5.59. The fourth-order valence-electron chi connectivity index (χ4n) is 2.49. The summed E-state index contributed by atoms with van der Waals surface area (Å²) >= 11 is 0. The van der Waals surface area contributed by atoms with Gasteiger partial charge in [-0.1, -0.05) is 30.8 Å². The number of rotatable bonds is 2. The average Bonchev–Trinajstić information content (AvgIpc) is 2.52. The fourth-order valence-corrected chi connectivity index (χ4v) is 2.49. The molecule has 0 unspecified atom stereocenters. The third-order valence-corrected chi connectivity index (χ3v) is 3.48. The highest BCUT2D eigenvalue weighted by atomic mass is 16.4. The summed E-state index contributed by atoms with van der Waals surface area (Å²) in [5, 5.41) is 15.0. The lowest BCUT2D eigenvalue weighted by Crippen LogP contribution is -2.54. The number of amidine groups is 1. The number of nitrogens with one attached hydrogen (secondary N) is 1. The van der Waals surface area contributed by atoms with Gasteiger partial charge in [-0.2, -0.15) is 0 Å². The molecule has 1 saturated carbocycles. The second-order valence-electron chi connectivity index (χ2n) is 6.19. The van der Waals surface area contributed by atoms with Crippen LogP contribution in [-0.4, -0.2) is 22.5 Å². The maximum atomic E-state index is 12.5. The van der Waals surface area contributed by atoms with Crippen molar-refractivity contribution in [2.24, 2.45) is 16.3 Å². The van der Waals surface area contributed by atoms with Gasteiger partial charge in [0.15, 0.2) is 5.84 Å². The highest BCUT2D eigenvalue weighted by Gasteiger charge is 2.43. The lowest BCUT2D eigenvalue weighted by atomic mass is 9.77. The molecule has 0 saturated heterocycles. The normalized spacial score (nSPS) is 21.2. The van der Waals surface area contributed by atoms with Crippen LogP contribution in [0.2, 0.25) is 0 Å². The zero-order valence-corrected chi connectivity index (χ0v) is 11.6. The number of carbonyl (C=O) groups is 1. The SMILES string of the molecule is CC(C)(C)NC(=O)C1(C(N)=NO)CCCCCC1. The maximum Gasteiger partial charge on any atom is 0.234 e. The van der Waals surface area contributed by atoms with Crippen LogP contribution in [0.15, 0.2) is 5.16 Å². The van der Waals surface area contributed by atoms with Crippen LogP contribution in [0.5, 0.6) is 0 Å². The van der Waals surface area contributed by atoms with Gasteiger partial charge in [-0.15, -0.1) is 0 Å². The Morgan fingerprint density at radius 3 is 2.11 bits per heavy atom. The minimum absolute atomic E-state index is 0.0474. The van der Waals surface area contributed by atoms with Crippen LogP contribution >= 0.6 is 0 Å². The third kappa shape index (κ3) is 3.37. The van der Waals surface area contributed by atoms with E-state index in [1.807, 2.05) is 20.8 Å². The lowest BCUT2D eigenvalue weighted by molar-refractivity contribution is -0.129. The van der Waals surface area contributed by atoms with Crippen molar-refractivity contribution in [2.45, 2.75) is 64.8 Å². The Balaban J connectivity index is 3.00. The minimum atomic E-state index is -0.835. The monoisotopic (exact) mass is 255 g/mol. The van der Waals surface area contributed by atoms with Crippen LogP contribution in [0.25, 0.3) is 0 Å². The van der Waals surface area contributed by atoms with Gasteiger partial charge in [0.25, 0.3) is 0 Å². The molecule has 0 bridgehead atoms. The minimum Gasteiger partial charge on any atom is -0.409 e. The molecule has 0 radical (unpaired) electrons. The summed E-state index contributed by atoms with van der Waals surface area (Å²) in [5.41, 5.74) is 4.66. The first kappa shape index (κ1) is 14.8. The van der Waals surface area contributed by atoms with E-state index in [4.69, 9.17) is 10.9 Å². The molecule has 0 aromatic heterocycles. The summed E-state index contributed by atoms with van der Waals surface area (Å²) in [6.45, 7) is 5.80. The Kier molecular flexibility index (Phi) is 4.59. The van der Waals surface area contributed by atoms with Gasteiger partial charge in [0, 0.05) is 5.54 Å². The smallest absolute Gasteiger partial charge is 0.234 e. The molecular formula is C13H25N3O2. The Morgan fingerprint density at radius 2 is 1.72 bits per heavy atom. The van der Waals surface area contributed by atoms with E-state index in [0.717, 1.165) is 25.7 Å². The molecule has 0 aromatic carbocycles. The summed E-state index contributed by atoms with van der Waals surface area (Å²) in [4.78, 5) is 12.5. The molecule has 18 heavy (non-hydrogen) atoms. The summed E-state index contributed by atoms with van der Waals surface area (Å²) in [7, 11) is 0. The standard InChI is InChI=1S/C13H25N3O2/c1-12(2,3)15-11(17)13(10(14)16-18)8-6-4-5-7-9-13/h18H,4-9H2,1-3H3,(H2,14,16)(H,15,17). The summed E-state index contributed by atoms with van der Waals surface area (Å²) < 4.78 is 0. The summed E-state index contributed by atoms with van der Waals surface area (Å²) in [6, 6.07) is 0. The van der Waals surface area contributed by atoms with Gasteiger partial charge in [0.05, 0.1) is 0 Å². The molecule has 0 heterocycles. The number of hydrogen-bond donors (Lipinski definition) is 3. The number of nitrogens with zero attached hydrogens (tertiary/aromatic N) is 1. The Bertz CT molecular complexity index is 324. The van der Waals surface area contributed by atoms with Gasteiger partial charge in [-0.05, 0) is 33.6 Å². The first-order valence-corrected chi connectivity index (χ1v) is 6.62. The van der Waals surface area contributed by atoms with Crippen molar-refractivity contribution < 1.29 is 10.0 Å². The van der Waals surface area contributed by atoms with Crippen molar-refractivity contribution in [3.05, 3.63) is 0 Å². The predicted octanol–water partition coefficient (Wildman–Crippen LogP) is 1.99. The van der Waals surface area contributed by atoms with E-state index in [-0.39, 0.29) is 17.3 Å². The summed E-state index contributed by atoms with van der Waals surface area (Å²) in [6.07, 6.45) is 5.39. The molecule has 5 heteroatoms. The number of carbonyl (C=O) groups excluding carboxylic acids is 1. The average molecular weight is 255 g/mol. The Labute approximate surface area is 109 Å². The van der Waals surface area contributed by atoms with E-state index in [1.54, 1.807) is 0 Å². The number of nitrogens with two attached hydrogens (primary N) is 1. The highest BCUT2D eigenvalue weighted by Crippen LogP contribution is 2.36. The van der Waals surface area contributed by atoms with E-state index in [2.05, 4.69) is 10.5 Å². The van der Waals surface area contributed by atoms with Gasteiger partial charge in [0.2, 0.25) is 5.91 Å². The molecule has 1 amide bonds. The van der Waals surface area contributed by atoms with Crippen LogP contribution in [0.4, 0.5) is 0 Å². The first-order valence-electron chi connectivity index (χ1n) is 6.62. The fraction of sp³-hybridized carbons (Fsp3) is 0.846. The predicted molar refractivity (Wildman–Crippen MR) is 71.4 cm³/mol. The van der Waals surface area contributed by atoms with Gasteiger partial charge >= 0.3 is 0 Å². The molecule has 1 aliphatic carbocycles. The van der Waals surface area contributed by atoms with Crippen molar-refractivity contribution in [3.8, 4) is 0 Å². The van der Waals surface area contributed by atoms with Crippen molar-refractivity contribution in [3.63, 3.8) is 0 Å². The van der Waals surface area contributed by atoms with Gasteiger partial charge in [-0.25, -0.2) is 0 Å². The van der Waals surface area contributed by atoms with Gasteiger partial charge in [0.1, 0.15) is 5.41 Å². The quantitative estimate of drug-likeness (QED) is 0.232. The van der Waals surface area contributed by atoms with Crippen LogP contribution in [0.3, 0.4) is 0 Å². The maximum absolute atomic E-state index is 12.5. The summed E-state index contributed by atoms with van der Waals surface area (Å²) in [5.74, 6) is -0.0710. The molecule has 0 atom stereocenters. The molecule has 1 fully saturated rings. The number of amides is 1. The molecule has 0 aliphatic heterocycles. The first-order chi connectivity index (χ1) is 8.32. The van der Waals surface area contributed by atoms with Gasteiger partial charge in [-0.3, -0.25) is 4.79 Å². The highest BCUT2D eigenvalue weighted by molar-refractivity contribution is 6.06. The van der Waals surface area contributed by atoms with Crippen LogP contribution in [0, 0.1) is 5.41 Å². The van der Waals surface area contributed by atoms with E-state index in [9.17, 15) is 4.79 Å². The van der Waals surface area contributed by atoms with E-state index in [1.165, 1.54) is 0 Å². The largest absolute Gasteiger partial charge is 0.409 e. The molecular weight excluding hydrogens is 230 g/mol. The van der Waals surface area contributed by atoms with Crippen molar-refractivity contribution in [2.75, 3.05) is 0 Å². The van der Waals surface area contributed by atoms with Crippen LogP contribution in [0.1, 0.15) is 59.3 Å². The zero-order valence-electron chi connectivity index (χ0n) is 11.6. The van der Waals surface area contributed by atoms with Crippen LogP contribution < -0.4 is 11.1 Å². The second-order valence-corrected chi connectivity index (χ2v) is 6.19. The zero-order chi connectivity index (χ0) is 13.8. The molecule has 1 aliphatic rings. The molecule has 4 N–H and O–H groups in total. The topological polar surface area (TPSA) is 87.7 Å². The van der Waals surface area contributed by atoms with Crippen molar-refractivity contribution in [1.82, 2.24) is 5.32 Å². The Morgan fingerprint density at radius 1 is 1.22 bits per heavy atom. The molecule has 104 valence electrons. The van der Waals surface area contributed by atoms with E-state index < -0.39 is 5.41 Å².